The summed E-state index contributed by atoms with van der Waals surface area (Å²) < 4.78 is 0. The standard InChI is InChI=1S/C13H15N3O5/c17-12(18)11-3-1-2-8-15(11)13(19)14-9-4-6-10(7-5-9)16(20)21/h4-7,11H,1-3,8H2,(H,14,19)(H,17,18)/t11-/m1/s1. The number of carbonyl (C=O) groups excluding carboxylic acids is 1. The minimum Gasteiger partial charge on any atom is -0.480 e. The average Bonchev–Trinajstić information content (AvgIpc) is 2.47. The molecular weight excluding hydrogens is 278 g/mol. The number of rotatable bonds is 3. The van der Waals surface area contributed by atoms with E-state index in [-0.39, 0.29) is 5.69 Å². The number of hydrogen-bond donors (Lipinski definition) is 2. The van der Waals surface area contributed by atoms with E-state index in [0.29, 0.717) is 18.7 Å². The maximum atomic E-state index is 12.1. The zero-order valence-electron chi connectivity index (χ0n) is 11.2. The lowest BCUT2D eigenvalue weighted by Gasteiger charge is -2.32. The summed E-state index contributed by atoms with van der Waals surface area (Å²) in [5.41, 5.74) is 0.315. The van der Waals surface area contributed by atoms with Gasteiger partial charge in [-0.1, -0.05) is 0 Å². The van der Waals surface area contributed by atoms with Gasteiger partial charge in [0.25, 0.3) is 5.69 Å². The van der Waals surface area contributed by atoms with Gasteiger partial charge >= 0.3 is 12.0 Å². The molecule has 2 rings (SSSR count). The van der Waals surface area contributed by atoms with Crippen LogP contribution in [-0.2, 0) is 4.79 Å². The average molecular weight is 293 g/mol. The third-order valence-corrected chi connectivity index (χ3v) is 3.38. The number of carboxylic acids is 1. The third kappa shape index (κ3) is 3.47. The first-order valence-corrected chi connectivity index (χ1v) is 6.54. The van der Waals surface area contributed by atoms with Crippen molar-refractivity contribution in [2.45, 2.75) is 25.3 Å². The third-order valence-electron chi connectivity index (χ3n) is 3.38. The van der Waals surface area contributed by atoms with Crippen molar-refractivity contribution in [3.8, 4) is 0 Å². The van der Waals surface area contributed by atoms with Crippen molar-refractivity contribution < 1.29 is 19.6 Å². The molecule has 0 aliphatic carbocycles. The van der Waals surface area contributed by atoms with E-state index >= 15 is 0 Å². The number of carboxylic acid groups (broad SMARTS) is 1. The van der Waals surface area contributed by atoms with Gasteiger partial charge in [-0.25, -0.2) is 9.59 Å². The molecule has 1 aliphatic heterocycles. The Morgan fingerprint density at radius 3 is 2.52 bits per heavy atom. The number of aliphatic carboxylic acids is 1. The van der Waals surface area contributed by atoms with Crippen LogP contribution in [0.15, 0.2) is 24.3 Å². The number of hydrogen-bond acceptors (Lipinski definition) is 4. The predicted molar refractivity (Wildman–Crippen MR) is 74.1 cm³/mol. The molecule has 2 N–H and O–H groups in total. The highest BCUT2D eigenvalue weighted by Gasteiger charge is 2.31. The van der Waals surface area contributed by atoms with Crippen molar-refractivity contribution in [3.63, 3.8) is 0 Å². The number of benzene rings is 1. The maximum Gasteiger partial charge on any atom is 0.326 e. The van der Waals surface area contributed by atoms with Gasteiger partial charge in [0.15, 0.2) is 0 Å². The Balaban J connectivity index is 2.05. The van der Waals surface area contributed by atoms with E-state index < -0.39 is 23.0 Å². The van der Waals surface area contributed by atoms with Gasteiger partial charge in [0, 0.05) is 24.4 Å². The Morgan fingerprint density at radius 2 is 1.95 bits per heavy atom. The van der Waals surface area contributed by atoms with Crippen LogP contribution < -0.4 is 5.32 Å². The molecule has 0 unspecified atom stereocenters. The van der Waals surface area contributed by atoms with Crippen LogP contribution in [0.2, 0.25) is 0 Å². The van der Waals surface area contributed by atoms with Crippen LogP contribution in [0.3, 0.4) is 0 Å². The fourth-order valence-electron chi connectivity index (χ4n) is 2.29. The van der Waals surface area contributed by atoms with Gasteiger partial charge in [-0.15, -0.1) is 0 Å². The van der Waals surface area contributed by atoms with E-state index in [1.54, 1.807) is 0 Å². The summed E-state index contributed by atoms with van der Waals surface area (Å²) in [6.07, 6.45) is 1.97. The maximum absolute atomic E-state index is 12.1. The summed E-state index contributed by atoms with van der Waals surface area (Å²) in [5.74, 6) is -1.02. The molecular formula is C13H15N3O5. The van der Waals surface area contributed by atoms with Crippen molar-refractivity contribution in [3.05, 3.63) is 34.4 Å². The Hall–Kier alpha value is -2.64. The molecule has 1 aromatic rings. The van der Waals surface area contributed by atoms with Crippen LogP contribution in [-0.4, -0.2) is 39.5 Å². The van der Waals surface area contributed by atoms with Crippen molar-refractivity contribution in [1.82, 2.24) is 4.90 Å². The number of piperidine rings is 1. The lowest BCUT2D eigenvalue weighted by Crippen LogP contribution is -2.49. The van der Waals surface area contributed by atoms with E-state index in [2.05, 4.69) is 5.32 Å². The van der Waals surface area contributed by atoms with Gasteiger partial charge in [-0.3, -0.25) is 10.1 Å². The summed E-state index contributed by atoms with van der Waals surface area (Å²) in [5, 5.41) is 22.2. The molecule has 1 aliphatic rings. The van der Waals surface area contributed by atoms with Crippen molar-refractivity contribution in [1.29, 1.82) is 0 Å². The molecule has 0 radical (unpaired) electrons. The Labute approximate surface area is 120 Å². The molecule has 1 fully saturated rings. The second kappa shape index (κ2) is 6.21. The molecule has 0 spiro atoms. The summed E-state index contributed by atoms with van der Waals surface area (Å²) in [4.78, 5) is 34.6. The molecule has 1 atom stereocenters. The van der Waals surface area contributed by atoms with Crippen molar-refractivity contribution in [2.75, 3.05) is 11.9 Å². The quantitative estimate of drug-likeness (QED) is 0.654. The second-order valence-corrected chi connectivity index (χ2v) is 4.78. The van der Waals surface area contributed by atoms with Crippen LogP contribution in [0, 0.1) is 10.1 Å². The highest BCUT2D eigenvalue weighted by molar-refractivity contribution is 5.92. The number of nitrogens with one attached hydrogen (secondary N) is 1. The molecule has 1 heterocycles. The van der Waals surface area contributed by atoms with Crippen LogP contribution in [0.4, 0.5) is 16.2 Å². The summed E-state index contributed by atoms with van der Waals surface area (Å²) >= 11 is 0. The van der Waals surface area contributed by atoms with Crippen molar-refractivity contribution >= 4 is 23.4 Å². The number of amides is 2. The van der Waals surface area contributed by atoms with Crippen LogP contribution in [0.1, 0.15) is 19.3 Å². The van der Waals surface area contributed by atoms with E-state index in [9.17, 15) is 19.7 Å². The van der Waals surface area contributed by atoms with Crippen LogP contribution in [0.25, 0.3) is 0 Å². The fraction of sp³-hybridized carbons (Fsp3) is 0.385. The molecule has 21 heavy (non-hydrogen) atoms. The van der Waals surface area contributed by atoms with Gasteiger partial charge in [-0.2, -0.15) is 0 Å². The minimum absolute atomic E-state index is 0.0746. The first-order valence-electron chi connectivity index (χ1n) is 6.54. The monoisotopic (exact) mass is 293 g/mol. The topological polar surface area (TPSA) is 113 Å². The first-order chi connectivity index (χ1) is 9.99. The highest BCUT2D eigenvalue weighted by Crippen LogP contribution is 2.20. The Morgan fingerprint density at radius 1 is 1.29 bits per heavy atom. The molecule has 1 saturated heterocycles. The Bertz CT molecular complexity index is 557. The van der Waals surface area contributed by atoms with E-state index in [1.807, 2.05) is 0 Å². The number of likely N-dealkylation sites (tertiary alicyclic amines) is 1. The van der Waals surface area contributed by atoms with Crippen molar-refractivity contribution in [2.24, 2.45) is 0 Å². The summed E-state index contributed by atoms with van der Waals surface area (Å²) in [6, 6.07) is 4.06. The minimum atomic E-state index is -1.02. The molecule has 0 saturated carbocycles. The normalized spacial score (nSPS) is 18.1. The van der Waals surface area contributed by atoms with Crippen LogP contribution >= 0.6 is 0 Å². The molecule has 0 bridgehead atoms. The molecule has 0 aromatic heterocycles. The number of non-ortho nitro benzene ring substituents is 1. The largest absolute Gasteiger partial charge is 0.480 e. The van der Waals surface area contributed by atoms with Gasteiger partial charge in [0.2, 0.25) is 0 Å². The zero-order valence-corrected chi connectivity index (χ0v) is 11.2. The summed E-state index contributed by atoms with van der Waals surface area (Å²) in [7, 11) is 0. The first kappa shape index (κ1) is 14.8. The van der Waals surface area contributed by atoms with E-state index in [4.69, 9.17) is 5.11 Å². The van der Waals surface area contributed by atoms with E-state index in [0.717, 1.165) is 12.8 Å². The van der Waals surface area contributed by atoms with Gasteiger partial charge in [0.1, 0.15) is 6.04 Å². The lowest BCUT2D eigenvalue weighted by molar-refractivity contribution is -0.384. The molecule has 1 aromatic carbocycles. The van der Waals surface area contributed by atoms with Gasteiger partial charge < -0.3 is 15.3 Å². The van der Waals surface area contributed by atoms with Gasteiger partial charge in [-0.05, 0) is 31.4 Å². The molecule has 112 valence electrons. The number of nitro benzene ring substituents is 1. The molecule has 2 amide bonds. The summed E-state index contributed by atoms with van der Waals surface area (Å²) in [6.45, 7) is 0.385. The number of urea groups is 1. The predicted octanol–water partition coefficient (Wildman–Crippen LogP) is 2.07. The Kier molecular flexibility index (Phi) is 4.36. The molecule has 8 nitrogen and oxygen atoms in total. The number of nitro groups is 1. The lowest BCUT2D eigenvalue weighted by atomic mass is 10.0. The SMILES string of the molecule is O=C(O)[C@H]1CCCCN1C(=O)Nc1ccc([N+](=O)[O-])cc1. The fourth-order valence-corrected chi connectivity index (χ4v) is 2.29. The van der Waals surface area contributed by atoms with E-state index in [1.165, 1.54) is 29.2 Å². The highest BCUT2D eigenvalue weighted by atomic mass is 16.6. The number of anilines is 1. The molecule has 8 heteroatoms. The number of nitrogens with zero attached hydrogens (tertiary/aromatic N) is 2. The van der Waals surface area contributed by atoms with Gasteiger partial charge in [0.05, 0.1) is 4.92 Å². The zero-order chi connectivity index (χ0) is 15.4. The van der Waals surface area contributed by atoms with Crippen LogP contribution in [0.5, 0.6) is 0 Å². The number of carbonyl (C=O) groups is 2. The second-order valence-electron chi connectivity index (χ2n) is 4.78. The smallest absolute Gasteiger partial charge is 0.326 e.